The second kappa shape index (κ2) is 6.37. The minimum Gasteiger partial charge on any atom is -0.368 e. The molecule has 2 aromatic heterocycles. The predicted octanol–water partition coefficient (Wildman–Crippen LogP) is 4.08. The first-order chi connectivity index (χ1) is 11.0. The van der Waals surface area contributed by atoms with Crippen molar-refractivity contribution in [3.8, 4) is 0 Å². The van der Waals surface area contributed by atoms with Gasteiger partial charge in [0.15, 0.2) is 5.65 Å². The molecule has 2 aromatic rings. The summed E-state index contributed by atoms with van der Waals surface area (Å²) in [5, 5.41) is 14.7. The number of halogens is 2. The van der Waals surface area contributed by atoms with Crippen LogP contribution in [0, 0.1) is 11.3 Å². The quantitative estimate of drug-likeness (QED) is 0.901. The van der Waals surface area contributed by atoms with Crippen LogP contribution in [0.2, 0.25) is 0 Å². The van der Waals surface area contributed by atoms with E-state index in [4.69, 9.17) is 0 Å². The number of aromatic nitrogens is 4. The van der Waals surface area contributed by atoms with E-state index < -0.39 is 12.2 Å². The summed E-state index contributed by atoms with van der Waals surface area (Å²) in [6.07, 6.45) is 3.78. The normalized spacial score (nSPS) is 17.1. The van der Waals surface area contributed by atoms with Gasteiger partial charge in [-0.1, -0.05) is 33.1 Å². The van der Waals surface area contributed by atoms with Crippen LogP contribution >= 0.6 is 0 Å². The van der Waals surface area contributed by atoms with Crippen molar-refractivity contribution in [2.75, 3.05) is 11.9 Å². The van der Waals surface area contributed by atoms with E-state index in [0.29, 0.717) is 17.4 Å². The molecule has 3 rings (SSSR count). The molecule has 1 aliphatic carbocycles. The van der Waals surface area contributed by atoms with E-state index in [1.165, 1.54) is 32.1 Å². The van der Waals surface area contributed by atoms with Crippen molar-refractivity contribution < 1.29 is 8.78 Å². The van der Waals surface area contributed by atoms with Crippen LogP contribution in [-0.2, 0) is 0 Å². The number of hydrogen-bond acceptors (Lipinski definition) is 4. The van der Waals surface area contributed by atoms with Gasteiger partial charge >= 0.3 is 0 Å². The number of anilines is 1. The third kappa shape index (κ3) is 3.43. The smallest absolute Gasteiger partial charge is 0.299 e. The van der Waals surface area contributed by atoms with Gasteiger partial charge in [0.1, 0.15) is 5.82 Å². The van der Waals surface area contributed by atoms with Crippen LogP contribution in [0.5, 0.6) is 0 Å². The Labute approximate surface area is 134 Å². The first-order valence-corrected chi connectivity index (χ1v) is 8.22. The van der Waals surface area contributed by atoms with E-state index in [9.17, 15) is 8.78 Å². The summed E-state index contributed by atoms with van der Waals surface area (Å²) in [5.41, 5.74) is 0.480. The van der Waals surface area contributed by atoms with Crippen LogP contribution in [0.4, 0.5) is 14.6 Å². The van der Waals surface area contributed by atoms with Gasteiger partial charge in [-0.15, -0.1) is 15.3 Å². The zero-order chi connectivity index (χ0) is 16.4. The third-order valence-corrected chi connectivity index (χ3v) is 4.92. The molecule has 0 atom stereocenters. The molecule has 126 valence electrons. The van der Waals surface area contributed by atoms with E-state index >= 15 is 0 Å². The van der Waals surface area contributed by atoms with Gasteiger partial charge in [0.2, 0.25) is 5.82 Å². The zero-order valence-corrected chi connectivity index (χ0v) is 13.6. The Hall–Kier alpha value is -1.79. The summed E-state index contributed by atoms with van der Waals surface area (Å²) in [4.78, 5) is 0. The van der Waals surface area contributed by atoms with Gasteiger partial charge < -0.3 is 5.32 Å². The average molecular weight is 323 g/mol. The topological polar surface area (TPSA) is 55.1 Å². The Balaban J connectivity index is 1.72. The summed E-state index contributed by atoms with van der Waals surface area (Å²) in [6.45, 7) is 5.29. The molecule has 23 heavy (non-hydrogen) atoms. The van der Waals surface area contributed by atoms with Gasteiger partial charge in [-0.05, 0) is 36.3 Å². The predicted molar refractivity (Wildman–Crippen MR) is 84.6 cm³/mol. The van der Waals surface area contributed by atoms with Gasteiger partial charge in [0, 0.05) is 6.54 Å². The lowest BCUT2D eigenvalue weighted by atomic mass is 9.71. The van der Waals surface area contributed by atoms with Crippen molar-refractivity contribution >= 4 is 11.5 Å². The maximum Gasteiger partial charge on any atom is 0.299 e. The second-order valence-electron chi connectivity index (χ2n) is 7.02. The Morgan fingerprint density at radius 1 is 1.22 bits per heavy atom. The summed E-state index contributed by atoms with van der Waals surface area (Å²) >= 11 is 0. The third-order valence-electron chi connectivity index (χ3n) is 4.92. The minimum atomic E-state index is -2.69. The highest BCUT2D eigenvalue weighted by molar-refractivity contribution is 5.44. The minimum absolute atomic E-state index is 0.149. The molecule has 1 fully saturated rings. The van der Waals surface area contributed by atoms with Gasteiger partial charge in [-0.3, -0.25) is 0 Å². The molecule has 0 unspecified atom stereocenters. The largest absolute Gasteiger partial charge is 0.368 e. The summed E-state index contributed by atoms with van der Waals surface area (Å²) in [7, 11) is 0. The molecule has 0 aromatic carbocycles. The van der Waals surface area contributed by atoms with Crippen LogP contribution in [0.15, 0.2) is 12.1 Å². The van der Waals surface area contributed by atoms with Crippen molar-refractivity contribution in [2.24, 2.45) is 11.3 Å². The maximum atomic E-state index is 12.9. The lowest BCUT2D eigenvalue weighted by Crippen LogP contribution is -2.33. The first-order valence-electron chi connectivity index (χ1n) is 8.22. The Morgan fingerprint density at radius 3 is 2.65 bits per heavy atom. The van der Waals surface area contributed by atoms with E-state index in [1.807, 2.05) is 0 Å². The van der Waals surface area contributed by atoms with Crippen LogP contribution in [0.25, 0.3) is 5.65 Å². The Bertz CT molecular complexity index is 662. The number of alkyl halides is 2. The van der Waals surface area contributed by atoms with Gasteiger partial charge in [0.25, 0.3) is 6.43 Å². The van der Waals surface area contributed by atoms with E-state index in [0.717, 1.165) is 11.1 Å². The molecule has 5 nitrogen and oxygen atoms in total. The fourth-order valence-corrected chi connectivity index (χ4v) is 3.38. The van der Waals surface area contributed by atoms with E-state index in [-0.39, 0.29) is 5.41 Å². The van der Waals surface area contributed by atoms with Crippen molar-refractivity contribution in [3.05, 3.63) is 18.0 Å². The fourth-order valence-electron chi connectivity index (χ4n) is 3.38. The molecule has 7 heteroatoms. The number of rotatable bonds is 5. The number of nitrogens with zero attached hydrogens (tertiary/aromatic N) is 4. The van der Waals surface area contributed by atoms with Gasteiger partial charge in [-0.2, -0.15) is 4.52 Å². The van der Waals surface area contributed by atoms with E-state index in [2.05, 4.69) is 34.5 Å². The Morgan fingerprint density at radius 2 is 1.96 bits per heavy atom. The molecule has 1 aliphatic rings. The van der Waals surface area contributed by atoms with Crippen molar-refractivity contribution in [1.29, 1.82) is 0 Å². The summed E-state index contributed by atoms with van der Waals surface area (Å²) in [5.74, 6) is 0.845. The zero-order valence-electron chi connectivity index (χ0n) is 13.6. The summed E-state index contributed by atoms with van der Waals surface area (Å²) < 4.78 is 26.9. The van der Waals surface area contributed by atoms with Gasteiger partial charge in [-0.25, -0.2) is 8.78 Å². The number of nitrogens with one attached hydrogen (secondary N) is 1. The highest BCUT2D eigenvalue weighted by atomic mass is 19.3. The molecule has 0 aliphatic heterocycles. The second-order valence-corrected chi connectivity index (χ2v) is 7.02. The van der Waals surface area contributed by atoms with Crippen LogP contribution in [-0.4, -0.2) is 26.4 Å². The van der Waals surface area contributed by atoms with Crippen molar-refractivity contribution in [3.63, 3.8) is 0 Å². The molecular weight excluding hydrogens is 300 g/mol. The van der Waals surface area contributed by atoms with Crippen molar-refractivity contribution in [1.82, 2.24) is 19.8 Å². The van der Waals surface area contributed by atoms with E-state index in [1.54, 1.807) is 12.1 Å². The first kappa shape index (κ1) is 16.1. The fraction of sp³-hybridized carbons (Fsp3) is 0.688. The molecule has 0 amide bonds. The molecule has 0 saturated heterocycles. The maximum absolute atomic E-state index is 12.9. The molecule has 0 radical (unpaired) electrons. The Kier molecular flexibility index (Phi) is 4.46. The molecule has 1 N–H and O–H groups in total. The van der Waals surface area contributed by atoms with Gasteiger partial charge in [0.05, 0.1) is 0 Å². The SMILES string of the molecule is CC(C)(CNc1ccc2nnc(C(F)F)n2n1)C1CCCCC1. The van der Waals surface area contributed by atoms with Crippen LogP contribution in [0.3, 0.4) is 0 Å². The number of fused-ring (bicyclic) bond motifs is 1. The molecule has 0 spiro atoms. The average Bonchev–Trinajstić information content (AvgIpc) is 2.97. The lowest BCUT2D eigenvalue weighted by molar-refractivity contribution is 0.137. The standard InChI is InChI=1S/C16H23F2N5/c1-16(2,11-6-4-3-5-7-11)10-19-12-8-9-13-20-21-15(14(17)18)23(13)22-12/h8-9,11,14H,3-7,10H2,1-2H3,(H,19,22). The summed E-state index contributed by atoms with van der Waals surface area (Å²) in [6, 6.07) is 3.41. The number of hydrogen-bond donors (Lipinski definition) is 1. The molecule has 1 saturated carbocycles. The molecular formula is C16H23F2N5. The van der Waals surface area contributed by atoms with Crippen LogP contribution < -0.4 is 5.32 Å². The lowest BCUT2D eigenvalue weighted by Gasteiger charge is -2.37. The highest BCUT2D eigenvalue weighted by Gasteiger charge is 2.30. The monoisotopic (exact) mass is 323 g/mol. The van der Waals surface area contributed by atoms with Crippen LogP contribution in [0.1, 0.15) is 58.2 Å². The highest BCUT2D eigenvalue weighted by Crippen LogP contribution is 2.38. The van der Waals surface area contributed by atoms with Crippen molar-refractivity contribution in [2.45, 2.75) is 52.4 Å². The molecule has 2 heterocycles. The molecule has 0 bridgehead atoms.